The van der Waals surface area contributed by atoms with Gasteiger partial charge in [-0.05, 0) is 42.5 Å². The number of fused-ring (bicyclic) bond motifs is 1. The first-order valence-corrected chi connectivity index (χ1v) is 10.9. The largest absolute Gasteiger partial charge is 0.454 e. The molecule has 0 unspecified atom stereocenters. The van der Waals surface area contributed by atoms with Crippen LogP contribution in [0.15, 0.2) is 79.3 Å². The van der Waals surface area contributed by atoms with Gasteiger partial charge in [-0.15, -0.1) is 0 Å². The number of carbonyl (C=O) groups excluding carboxylic acids is 1. The third kappa shape index (κ3) is 4.82. The number of aromatic nitrogens is 3. The fourth-order valence-corrected chi connectivity index (χ4v) is 3.50. The highest BCUT2D eigenvalue weighted by molar-refractivity contribution is 6.30. The van der Waals surface area contributed by atoms with Crippen molar-refractivity contribution < 1.29 is 22.7 Å². The molecular weight excluding hydrogens is 493 g/mol. The van der Waals surface area contributed by atoms with Gasteiger partial charge in [-0.1, -0.05) is 11.6 Å². The Labute approximate surface area is 207 Å². The van der Waals surface area contributed by atoms with E-state index in [9.17, 15) is 18.0 Å². The number of nitrogens with one attached hydrogen (secondary N) is 1. The lowest BCUT2D eigenvalue weighted by Gasteiger charge is -2.12. The SMILES string of the molecule is O=C(Nc1cc(F)c(F)c(Oc2ccc3ncc(-c4cccnc4)nc3c2)c1)c1ccc(Cl)c(F)c1. The Kier molecular flexibility index (Phi) is 6.22. The fourth-order valence-electron chi connectivity index (χ4n) is 3.39. The zero-order valence-electron chi connectivity index (χ0n) is 18.2. The number of rotatable bonds is 5. The number of benzene rings is 3. The summed E-state index contributed by atoms with van der Waals surface area (Å²) in [5.74, 6) is -4.33. The number of hydrogen-bond donors (Lipinski definition) is 1. The molecule has 36 heavy (non-hydrogen) atoms. The highest BCUT2D eigenvalue weighted by Gasteiger charge is 2.16. The number of pyridine rings is 1. The zero-order valence-corrected chi connectivity index (χ0v) is 18.9. The Morgan fingerprint density at radius 1 is 0.917 bits per heavy atom. The molecule has 2 heterocycles. The summed E-state index contributed by atoms with van der Waals surface area (Å²) in [5, 5.41) is 2.24. The third-order valence-electron chi connectivity index (χ3n) is 5.13. The molecule has 5 rings (SSSR count). The van der Waals surface area contributed by atoms with Crippen LogP contribution in [0.5, 0.6) is 11.5 Å². The Balaban J connectivity index is 1.42. The van der Waals surface area contributed by atoms with Crippen LogP contribution in [0.25, 0.3) is 22.3 Å². The Hall–Kier alpha value is -4.50. The highest BCUT2D eigenvalue weighted by atomic mass is 35.5. The van der Waals surface area contributed by atoms with Crippen molar-refractivity contribution in [1.29, 1.82) is 0 Å². The zero-order chi connectivity index (χ0) is 25.2. The number of hydrogen-bond acceptors (Lipinski definition) is 5. The molecule has 5 aromatic rings. The van der Waals surface area contributed by atoms with Crippen LogP contribution in [0, 0.1) is 17.5 Å². The van der Waals surface area contributed by atoms with Gasteiger partial charge in [0.05, 0.1) is 27.9 Å². The molecule has 0 fully saturated rings. The quantitative estimate of drug-likeness (QED) is 0.283. The minimum absolute atomic E-state index is 0.0541. The number of ether oxygens (including phenoxy) is 1. The molecule has 0 bridgehead atoms. The lowest BCUT2D eigenvalue weighted by Crippen LogP contribution is -2.12. The minimum Gasteiger partial charge on any atom is -0.454 e. The summed E-state index contributed by atoms with van der Waals surface area (Å²) in [6.07, 6.45) is 4.89. The first-order valence-electron chi connectivity index (χ1n) is 10.5. The average Bonchev–Trinajstić information content (AvgIpc) is 2.88. The fraction of sp³-hybridized carbons (Fsp3) is 0. The van der Waals surface area contributed by atoms with E-state index in [4.69, 9.17) is 16.3 Å². The summed E-state index contributed by atoms with van der Waals surface area (Å²) >= 11 is 5.63. The van der Waals surface area contributed by atoms with Crippen molar-refractivity contribution in [3.05, 3.63) is 107 Å². The molecular formula is C26H14ClF3N4O2. The van der Waals surface area contributed by atoms with Crippen LogP contribution in [0.2, 0.25) is 5.02 Å². The summed E-state index contributed by atoms with van der Waals surface area (Å²) in [7, 11) is 0. The maximum Gasteiger partial charge on any atom is 0.255 e. The number of anilines is 1. The Bertz CT molecular complexity index is 1620. The summed E-state index contributed by atoms with van der Waals surface area (Å²) in [6, 6.07) is 13.6. The van der Waals surface area contributed by atoms with E-state index >= 15 is 0 Å². The molecule has 1 amide bonds. The topological polar surface area (TPSA) is 77.0 Å². The van der Waals surface area contributed by atoms with Gasteiger partial charge in [0.1, 0.15) is 11.6 Å². The predicted molar refractivity (Wildman–Crippen MR) is 129 cm³/mol. The summed E-state index contributed by atoms with van der Waals surface area (Å²) in [5.41, 5.74) is 2.22. The van der Waals surface area contributed by atoms with Crippen LogP contribution in [0.4, 0.5) is 18.9 Å². The lowest BCUT2D eigenvalue weighted by atomic mass is 10.2. The van der Waals surface area contributed by atoms with E-state index in [1.165, 1.54) is 24.3 Å². The summed E-state index contributed by atoms with van der Waals surface area (Å²) in [6.45, 7) is 0. The maximum atomic E-state index is 14.5. The average molecular weight is 507 g/mol. The smallest absolute Gasteiger partial charge is 0.255 e. The second-order valence-electron chi connectivity index (χ2n) is 7.60. The molecule has 6 nitrogen and oxygen atoms in total. The van der Waals surface area contributed by atoms with Crippen molar-refractivity contribution in [2.45, 2.75) is 0 Å². The Morgan fingerprint density at radius 2 is 1.78 bits per heavy atom. The van der Waals surface area contributed by atoms with Crippen molar-refractivity contribution in [2.24, 2.45) is 0 Å². The number of nitrogens with zero attached hydrogens (tertiary/aromatic N) is 3. The number of carbonyl (C=O) groups is 1. The van der Waals surface area contributed by atoms with Crippen molar-refractivity contribution in [3.63, 3.8) is 0 Å². The molecule has 0 saturated heterocycles. The van der Waals surface area contributed by atoms with Gasteiger partial charge in [-0.25, -0.2) is 13.8 Å². The molecule has 0 saturated carbocycles. The van der Waals surface area contributed by atoms with E-state index in [-0.39, 0.29) is 22.0 Å². The van der Waals surface area contributed by atoms with Gasteiger partial charge in [0.2, 0.25) is 5.82 Å². The van der Waals surface area contributed by atoms with Crippen molar-refractivity contribution in [2.75, 3.05) is 5.32 Å². The predicted octanol–water partition coefficient (Wildman–Crippen LogP) is 6.81. The standard InChI is InChI=1S/C26H14ClF3N4O2/c27-18-5-3-14(8-19(18)28)26(35)33-16-9-20(29)25(30)24(10-16)36-17-4-6-21-22(11-17)34-23(13-32-21)15-2-1-7-31-12-15/h1-13H,(H,33,35). The number of amides is 1. The van der Waals surface area contributed by atoms with E-state index < -0.39 is 29.1 Å². The third-order valence-corrected chi connectivity index (χ3v) is 5.44. The van der Waals surface area contributed by atoms with Gasteiger partial charge in [0.15, 0.2) is 11.6 Å². The van der Waals surface area contributed by atoms with Crippen molar-refractivity contribution in [3.8, 4) is 22.8 Å². The van der Waals surface area contributed by atoms with Gasteiger partial charge in [-0.3, -0.25) is 14.8 Å². The molecule has 0 aliphatic rings. The van der Waals surface area contributed by atoms with Gasteiger partial charge < -0.3 is 10.1 Å². The molecule has 0 spiro atoms. The Morgan fingerprint density at radius 3 is 2.56 bits per heavy atom. The molecule has 1 N–H and O–H groups in total. The highest BCUT2D eigenvalue weighted by Crippen LogP contribution is 2.31. The van der Waals surface area contributed by atoms with Crippen LogP contribution in [-0.2, 0) is 0 Å². The first kappa shape index (κ1) is 23.3. The summed E-state index contributed by atoms with van der Waals surface area (Å²) < 4.78 is 48.1. The lowest BCUT2D eigenvalue weighted by molar-refractivity contribution is 0.102. The van der Waals surface area contributed by atoms with Gasteiger partial charge in [0, 0.05) is 47.4 Å². The molecule has 0 aliphatic carbocycles. The van der Waals surface area contributed by atoms with E-state index in [1.54, 1.807) is 30.7 Å². The second kappa shape index (κ2) is 9.63. The first-order chi connectivity index (χ1) is 17.4. The van der Waals surface area contributed by atoms with E-state index in [1.807, 2.05) is 6.07 Å². The molecule has 10 heteroatoms. The normalized spacial score (nSPS) is 10.9. The minimum atomic E-state index is -1.25. The number of halogens is 4. The van der Waals surface area contributed by atoms with Crippen LogP contribution in [0.3, 0.4) is 0 Å². The van der Waals surface area contributed by atoms with Gasteiger partial charge in [-0.2, -0.15) is 4.39 Å². The second-order valence-corrected chi connectivity index (χ2v) is 8.01. The molecule has 3 aromatic carbocycles. The molecule has 2 aromatic heterocycles. The monoisotopic (exact) mass is 506 g/mol. The van der Waals surface area contributed by atoms with Crippen LogP contribution < -0.4 is 10.1 Å². The van der Waals surface area contributed by atoms with E-state index in [2.05, 4.69) is 20.3 Å². The van der Waals surface area contributed by atoms with Crippen LogP contribution >= 0.6 is 11.6 Å². The van der Waals surface area contributed by atoms with Gasteiger partial charge >= 0.3 is 0 Å². The maximum absolute atomic E-state index is 14.5. The summed E-state index contributed by atoms with van der Waals surface area (Å²) in [4.78, 5) is 25.4. The van der Waals surface area contributed by atoms with Crippen molar-refractivity contribution >= 4 is 34.2 Å². The van der Waals surface area contributed by atoms with E-state index in [0.717, 1.165) is 23.8 Å². The molecule has 0 aliphatic heterocycles. The molecule has 178 valence electrons. The van der Waals surface area contributed by atoms with Crippen molar-refractivity contribution in [1.82, 2.24) is 15.0 Å². The van der Waals surface area contributed by atoms with Crippen LogP contribution in [-0.4, -0.2) is 20.9 Å². The molecule has 0 atom stereocenters. The molecule has 0 radical (unpaired) electrons. The van der Waals surface area contributed by atoms with Crippen LogP contribution in [0.1, 0.15) is 10.4 Å². The van der Waals surface area contributed by atoms with Gasteiger partial charge in [0.25, 0.3) is 5.91 Å². The van der Waals surface area contributed by atoms with E-state index in [0.29, 0.717) is 16.7 Å².